The Labute approximate surface area is 81.0 Å². The zero-order valence-corrected chi connectivity index (χ0v) is 7.69. The molecular formula is C8H13NO5. The molecule has 0 radical (unpaired) electrons. The lowest BCUT2D eigenvalue weighted by molar-refractivity contribution is -0.317. The number of aliphatic hydroxyl groups is 1. The summed E-state index contributed by atoms with van der Waals surface area (Å²) in [6.07, 6.45) is 1.38. The van der Waals surface area contributed by atoms with Gasteiger partial charge >= 0.3 is 17.9 Å². The van der Waals surface area contributed by atoms with Gasteiger partial charge in [0.25, 0.3) is 0 Å². The Morgan fingerprint density at radius 2 is 1.64 bits per heavy atom. The second kappa shape index (κ2) is 4.39. The number of nitrogens with two attached hydrogens (primary N) is 1. The minimum absolute atomic E-state index is 0.152. The number of carbonyl (C=O) groups is 2. The molecule has 0 unspecified atom stereocenters. The Morgan fingerprint density at radius 3 is 2.00 bits per heavy atom. The van der Waals surface area contributed by atoms with Gasteiger partial charge in [0.05, 0.1) is 0 Å². The molecule has 0 saturated carbocycles. The minimum Gasteiger partial charge on any atom is -0.397 e. The normalized spacial score (nSPS) is 22.7. The molecule has 0 aliphatic carbocycles. The largest absolute Gasteiger partial charge is 0.397 e. The van der Waals surface area contributed by atoms with Crippen molar-refractivity contribution in [3.05, 3.63) is 0 Å². The van der Waals surface area contributed by atoms with Crippen molar-refractivity contribution in [1.82, 2.24) is 0 Å². The maximum Gasteiger partial charge on any atom is 0.386 e. The van der Waals surface area contributed by atoms with E-state index in [-0.39, 0.29) is 12.8 Å². The molecule has 6 nitrogen and oxygen atoms in total. The molecule has 1 heterocycles. The standard InChI is InChI=1S/C8H13NO5/c9-5-8(12)13-6(10)3-1-2-4-7(11)14-8/h12H,1-5,9H2. The molecule has 0 aromatic rings. The van der Waals surface area contributed by atoms with Crippen LogP contribution in [0.25, 0.3) is 0 Å². The average Bonchev–Trinajstić information content (AvgIpc) is 2.16. The number of cyclic esters (lactones) is 2. The molecule has 6 heteroatoms. The highest BCUT2D eigenvalue weighted by Crippen LogP contribution is 2.15. The Kier molecular flexibility index (Phi) is 3.43. The molecule has 1 aliphatic rings. The van der Waals surface area contributed by atoms with Crippen LogP contribution in [0.4, 0.5) is 0 Å². The average molecular weight is 203 g/mol. The molecule has 0 atom stereocenters. The number of hydrogen-bond acceptors (Lipinski definition) is 6. The molecule has 1 saturated heterocycles. The summed E-state index contributed by atoms with van der Waals surface area (Å²) in [7, 11) is 0. The summed E-state index contributed by atoms with van der Waals surface area (Å²) in [6.45, 7) is -0.468. The number of esters is 2. The van der Waals surface area contributed by atoms with E-state index in [1.807, 2.05) is 0 Å². The Balaban J connectivity index is 2.71. The highest BCUT2D eigenvalue weighted by molar-refractivity contribution is 5.72. The first kappa shape index (κ1) is 10.9. The molecule has 0 amide bonds. The van der Waals surface area contributed by atoms with Gasteiger partial charge in [-0.25, -0.2) is 0 Å². The highest BCUT2D eigenvalue weighted by atomic mass is 16.8. The Morgan fingerprint density at radius 1 is 1.21 bits per heavy atom. The van der Waals surface area contributed by atoms with Crippen LogP contribution in [0.2, 0.25) is 0 Å². The van der Waals surface area contributed by atoms with Crippen molar-refractivity contribution >= 4 is 11.9 Å². The molecule has 80 valence electrons. The second-order valence-electron chi connectivity index (χ2n) is 3.07. The summed E-state index contributed by atoms with van der Waals surface area (Å²) in [5, 5.41) is 9.44. The van der Waals surface area contributed by atoms with Gasteiger partial charge in [-0.2, -0.15) is 0 Å². The molecule has 1 rings (SSSR count). The molecule has 0 spiro atoms. The van der Waals surface area contributed by atoms with Gasteiger partial charge in [0.2, 0.25) is 0 Å². The van der Waals surface area contributed by atoms with E-state index in [9.17, 15) is 14.7 Å². The SMILES string of the molecule is NCC1(O)OC(=O)CCCCC(=O)O1. The van der Waals surface area contributed by atoms with Crippen LogP contribution < -0.4 is 5.73 Å². The van der Waals surface area contributed by atoms with Crippen molar-refractivity contribution in [1.29, 1.82) is 0 Å². The summed E-state index contributed by atoms with van der Waals surface area (Å²) >= 11 is 0. The predicted octanol–water partition coefficient (Wildman–Crippen LogP) is -0.748. The van der Waals surface area contributed by atoms with Crippen LogP contribution in [0.1, 0.15) is 25.7 Å². The lowest BCUT2D eigenvalue weighted by atomic mass is 10.2. The van der Waals surface area contributed by atoms with Gasteiger partial charge < -0.3 is 20.3 Å². The van der Waals surface area contributed by atoms with E-state index in [0.717, 1.165) is 0 Å². The van der Waals surface area contributed by atoms with Crippen LogP contribution in [0.3, 0.4) is 0 Å². The van der Waals surface area contributed by atoms with E-state index < -0.39 is 24.5 Å². The fraction of sp³-hybridized carbons (Fsp3) is 0.750. The lowest BCUT2D eigenvalue weighted by Gasteiger charge is -2.24. The number of rotatable bonds is 1. The summed E-state index contributed by atoms with van der Waals surface area (Å²) in [4.78, 5) is 22.1. The van der Waals surface area contributed by atoms with Crippen molar-refractivity contribution < 1.29 is 24.2 Å². The third kappa shape index (κ3) is 2.97. The molecule has 3 N–H and O–H groups in total. The van der Waals surface area contributed by atoms with Crippen LogP contribution in [-0.4, -0.2) is 29.6 Å². The van der Waals surface area contributed by atoms with Crippen molar-refractivity contribution in [2.75, 3.05) is 6.54 Å². The predicted molar refractivity (Wildman–Crippen MR) is 44.7 cm³/mol. The molecule has 1 aliphatic heterocycles. The van der Waals surface area contributed by atoms with Crippen LogP contribution in [0.15, 0.2) is 0 Å². The lowest BCUT2D eigenvalue weighted by Crippen LogP contribution is -2.46. The minimum atomic E-state index is -2.29. The van der Waals surface area contributed by atoms with E-state index in [4.69, 9.17) is 5.73 Å². The maximum absolute atomic E-state index is 11.0. The van der Waals surface area contributed by atoms with Crippen molar-refractivity contribution in [3.8, 4) is 0 Å². The fourth-order valence-corrected chi connectivity index (χ4v) is 1.10. The molecule has 1 fully saturated rings. The van der Waals surface area contributed by atoms with E-state index >= 15 is 0 Å². The number of carbonyl (C=O) groups excluding carboxylic acids is 2. The Hall–Kier alpha value is -1.14. The van der Waals surface area contributed by atoms with Gasteiger partial charge in [0, 0.05) is 12.8 Å². The quantitative estimate of drug-likeness (QED) is 0.544. The van der Waals surface area contributed by atoms with E-state index in [1.165, 1.54) is 0 Å². The van der Waals surface area contributed by atoms with Gasteiger partial charge in [-0.1, -0.05) is 0 Å². The molecule has 14 heavy (non-hydrogen) atoms. The molecular weight excluding hydrogens is 190 g/mol. The fourth-order valence-electron chi connectivity index (χ4n) is 1.10. The van der Waals surface area contributed by atoms with Crippen molar-refractivity contribution in [2.24, 2.45) is 5.73 Å². The monoisotopic (exact) mass is 203 g/mol. The smallest absolute Gasteiger partial charge is 0.386 e. The number of hydrogen-bond donors (Lipinski definition) is 2. The van der Waals surface area contributed by atoms with Crippen LogP contribution >= 0.6 is 0 Å². The summed E-state index contributed by atoms with van der Waals surface area (Å²) in [6, 6.07) is 0. The Bertz CT molecular complexity index is 220. The summed E-state index contributed by atoms with van der Waals surface area (Å²) < 4.78 is 9.05. The maximum atomic E-state index is 11.0. The number of ether oxygens (including phenoxy) is 2. The van der Waals surface area contributed by atoms with Crippen molar-refractivity contribution in [3.63, 3.8) is 0 Å². The summed E-state index contributed by atoms with van der Waals surface area (Å²) in [5.41, 5.74) is 5.13. The molecule has 0 aromatic carbocycles. The zero-order valence-electron chi connectivity index (χ0n) is 7.69. The highest BCUT2D eigenvalue weighted by Gasteiger charge is 2.35. The summed E-state index contributed by atoms with van der Waals surface area (Å²) in [5.74, 6) is -3.53. The first-order chi connectivity index (χ1) is 6.56. The third-order valence-corrected chi connectivity index (χ3v) is 1.82. The first-order valence-corrected chi connectivity index (χ1v) is 4.42. The van der Waals surface area contributed by atoms with Crippen LogP contribution in [0.5, 0.6) is 0 Å². The van der Waals surface area contributed by atoms with Gasteiger partial charge in [-0.15, -0.1) is 0 Å². The van der Waals surface area contributed by atoms with Crippen LogP contribution in [-0.2, 0) is 19.1 Å². The van der Waals surface area contributed by atoms with Gasteiger partial charge in [-0.3, -0.25) is 9.59 Å². The zero-order chi connectivity index (χ0) is 10.6. The van der Waals surface area contributed by atoms with Crippen molar-refractivity contribution in [2.45, 2.75) is 31.7 Å². The molecule has 0 bridgehead atoms. The van der Waals surface area contributed by atoms with E-state index in [1.54, 1.807) is 0 Å². The third-order valence-electron chi connectivity index (χ3n) is 1.82. The van der Waals surface area contributed by atoms with Gasteiger partial charge in [0.15, 0.2) is 0 Å². The van der Waals surface area contributed by atoms with Crippen LogP contribution in [0, 0.1) is 0 Å². The van der Waals surface area contributed by atoms with E-state index in [0.29, 0.717) is 12.8 Å². The van der Waals surface area contributed by atoms with Gasteiger partial charge in [-0.05, 0) is 12.8 Å². The first-order valence-electron chi connectivity index (χ1n) is 4.42. The van der Waals surface area contributed by atoms with Gasteiger partial charge in [0.1, 0.15) is 6.54 Å². The van der Waals surface area contributed by atoms with E-state index in [2.05, 4.69) is 9.47 Å². The second-order valence-corrected chi connectivity index (χ2v) is 3.07. The molecule has 0 aromatic heterocycles. The topological polar surface area (TPSA) is 98.9 Å².